The Balaban J connectivity index is 1.73. The number of carbonyl (C=O) groups is 2. The van der Waals surface area contributed by atoms with E-state index in [0.29, 0.717) is 26.1 Å². The molecule has 0 spiro atoms. The van der Waals surface area contributed by atoms with Crippen molar-refractivity contribution in [3.8, 4) is 0 Å². The van der Waals surface area contributed by atoms with Crippen LogP contribution >= 0.6 is 0 Å². The molecule has 2 heterocycles. The van der Waals surface area contributed by atoms with E-state index >= 15 is 0 Å². The molecule has 1 aromatic carbocycles. The van der Waals surface area contributed by atoms with Crippen LogP contribution in [0.4, 0.5) is 4.79 Å². The number of imide groups is 1. The van der Waals surface area contributed by atoms with Crippen molar-refractivity contribution in [2.45, 2.75) is 18.9 Å². The van der Waals surface area contributed by atoms with E-state index in [1.165, 1.54) is 4.90 Å². The number of benzene rings is 1. The molecule has 106 valence electrons. The number of hydrogen-bond acceptors (Lipinski definition) is 4. The number of hydrogen-bond donors (Lipinski definition) is 0. The smallest absolute Gasteiger partial charge is 0.416 e. The van der Waals surface area contributed by atoms with E-state index < -0.39 is 6.09 Å². The van der Waals surface area contributed by atoms with Gasteiger partial charge in [-0.15, -0.1) is 0 Å². The van der Waals surface area contributed by atoms with E-state index in [2.05, 4.69) is 0 Å². The Morgan fingerprint density at radius 3 is 2.75 bits per heavy atom. The molecule has 20 heavy (non-hydrogen) atoms. The second kappa shape index (κ2) is 5.63. The third-order valence-electron chi connectivity index (χ3n) is 3.79. The first-order valence-electron chi connectivity index (χ1n) is 6.87. The maximum Gasteiger partial charge on any atom is 0.416 e. The molecular formula is C15H17NO4. The molecule has 1 aromatic rings. The van der Waals surface area contributed by atoms with Crippen molar-refractivity contribution in [2.75, 3.05) is 19.8 Å². The lowest BCUT2D eigenvalue weighted by Crippen LogP contribution is -2.43. The van der Waals surface area contributed by atoms with Gasteiger partial charge in [0.2, 0.25) is 5.91 Å². The Kier molecular flexibility index (Phi) is 3.69. The number of nitrogens with zero attached hydrogens (tertiary/aromatic N) is 1. The van der Waals surface area contributed by atoms with Crippen LogP contribution in [0.2, 0.25) is 0 Å². The van der Waals surface area contributed by atoms with E-state index in [1.807, 2.05) is 30.3 Å². The Labute approximate surface area is 117 Å². The zero-order valence-electron chi connectivity index (χ0n) is 11.2. The lowest BCUT2D eigenvalue weighted by Gasteiger charge is -2.22. The van der Waals surface area contributed by atoms with E-state index in [1.54, 1.807) is 0 Å². The van der Waals surface area contributed by atoms with Gasteiger partial charge in [0, 0.05) is 6.61 Å². The van der Waals surface area contributed by atoms with Gasteiger partial charge in [-0.1, -0.05) is 30.3 Å². The first kappa shape index (κ1) is 13.1. The van der Waals surface area contributed by atoms with Crippen molar-refractivity contribution in [3.63, 3.8) is 0 Å². The molecule has 0 N–H and O–H groups in total. The van der Waals surface area contributed by atoms with Gasteiger partial charge in [-0.2, -0.15) is 0 Å². The minimum absolute atomic E-state index is 0.161. The summed E-state index contributed by atoms with van der Waals surface area (Å²) in [5.41, 5.74) is 1.09. The van der Waals surface area contributed by atoms with Crippen molar-refractivity contribution in [1.29, 1.82) is 0 Å². The lowest BCUT2D eigenvalue weighted by molar-refractivity contribution is -0.133. The average Bonchev–Trinajstić information content (AvgIpc) is 3.10. The van der Waals surface area contributed by atoms with E-state index in [4.69, 9.17) is 9.47 Å². The number of rotatable bonds is 3. The minimum atomic E-state index is -0.525. The molecule has 0 bridgehead atoms. The average molecular weight is 275 g/mol. The van der Waals surface area contributed by atoms with Gasteiger partial charge in [0.05, 0.1) is 18.6 Å². The summed E-state index contributed by atoms with van der Waals surface area (Å²) in [5.74, 6) is -0.371. The van der Waals surface area contributed by atoms with Gasteiger partial charge in [0.15, 0.2) is 0 Å². The summed E-state index contributed by atoms with van der Waals surface area (Å²) in [7, 11) is 0. The van der Waals surface area contributed by atoms with Gasteiger partial charge in [0.25, 0.3) is 0 Å². The number of amides is 2. The van der Waals surface area contributed by atoms with Gasteiger partial charge >= 0.3 is 6.09 Å². The Bertz CT molecular complexity index is 496. The predicted molar refractivity (Wildman–Crippen MR) is 71.1 cm³/mol. The number of carbonyl (C=O) groups excluding carboxylic acids is 2. The SMILES string of the molecule is O=C1OC[C@H](Cc2ccccc2)N1C(=O)[C@H]1CCOC1. The quantitative estimate of drug-likeness (QED) is 0.841. The zero-order valence-corrected chi connectivity index (χ0v) is 11.2. The minimum Gasteiger partial charge on any atom is -0.447 e. The zero-order chi connectivity index (χ0) is 13.9. The van der Waals surface area contributed by atoms with Crippen LogP contribution in [0, 0.1) is 5.92 Å². The predicted octanol–water partition coefficient (Wildman–Crippen LogP) is 1.61. The van der Waals surface area contributed by atoms with Crippen molar-refractivity contribution in [2.24, 2.45) is 5.92 Å². The summed E-state index contributed by atoms with van der Waals surface area (Å²) in [4.78, 5) is 25.5. The van der Waals surface area contributed by atoms with Crippen LogP contribution in [0.1, 0.15) is 12.0 Å². The molecule has 2 aliphatic heterocycles. The monoisotopic (exact) mass is 275 g/mol. The summed E-state index contributed by atoms with van der Waals surface area (Å²) in [5, 5.41) is 0. The topological polar surface area (TPSA) is 55.8 Å². The molecule has 5 nitrogen and oxygen atoms in total. The Morgan fingerprint density at radius 2 is 2.05 bits per heavy atom. The van der Waals surface area contributed by atoms with Crippen LogP contribution in [-0.2, 0) is 20.7 Å². The first-order valence-corrected chi connectivity index (χ1v) is 6.87. The van der Waals surface area contributed by atoms with Crippen molar-refractivity contribution >= 4 is 12.0 Å². The largest absolute Gasteiger partial charge is 0.447 e. The lowest BCUT2D eigenvalue weighted by atomic mass is 10.0. The third kappa shape index (κ3) is 2.54. The summed E-state index contributed by atoms with van der Waals surface area (Å²) in [6.07, 6.45) is 0.787. The highest BCUT2D eigenvalue weighted by molar-refractivity contribution is 5.95. The fourth-order valence-electron chi connectivity index (χ4n) is 2.69. The molecule has 0 saturated carbocycles. The molecule has 2 fully saturated rings. The summed E-state index contributed by atoms with van der Waals surface area (Å²) in [6.45, 7) is 1.26. The Morgan fingerprint density at radius 1 is 1.25 bits per heavy atom. The molecule has 0 aromatic heterocycles. The second-order valence-corrected chi connectivity index (χ2v) is 5.19. The molecule has 0 radical (unpaired) electrons. The van der Waals surface area contributed by atoms with E-state index in [9.17, 15) is 9.59 Å². The van der Waals surface area contributed by atoms with E-state index in [-0.39, 0.29) is 24.5 Å². The van der Waals surface area contributed by atoms with Gasteiger partial charge in [-0.25, -0.2) is 9.69 Å². The van der Waals surface area contributed by atoms with Crippen LogP contribution in [0.3, 0.4) is 0 Å². The standard InChI is InChI=1S/C15H17NO4/c17-14(12-6-7-19-9-12)16-13(10-20-15(16)18)8-11-4-2-1-3-5-11/h1-5,12-13H,6-10H2/t12-,13-/m0/s1. The van der Waals surface area contributed by atoms with Crippen LogP contribution in [0.5, 0.6) is 0 Å². The molecule has 2 amide bonds. The fourth-order valence-corrected chi connectivity index (χ4v) is 2.69. The number of cyclic esters (lactones) is 1. The highest BCUT2D eigenvalue weighted by Crippen LogP contribution is 2.23. The van der Waals surface area contributed by atoms with Crippen molar-refractivity contribution < 1.29 is 19.1 Å². The molecule has 2 saturated heterocycles. The highest BCUT2D eigenvalue weighted by Gasteiger charge is 2.41. The summed E-state index contributed by atoms with van der Waals surface area (Å²) in [6, 6.07) is 9.61. The van der Waals surface area contributed by atoms with Crippen LogP contribution in [0.25, 0.3) is 0 Å². The second-order valence-electron chi connectivity index (χ2n) is 5.19. The summed E-state index contributed by atoms with van der Waals surface area (Å²) < 4.78 is 10.3. The van der Waals surface area contributed by atoms with Crippen molar-refractivity contribution in [3.05, 3.63) is 35.9 Å². The fraction of sp³-hybridized carbons (Fsp3) is 0.467. The number of ether oxygens (including phenoxy) is 2. The van der Waals surface area contributed by atoms with Crippen LogP contribution in [0.15, 0.2) is 30.3 Å². The van der Waals surface area contributed by atoms with Gasteiger partial charge in [-0.3, -0.25) is 4.79 Å². The Hall–Kier alpha value is -1.88. The first-order chi connectivity index (χ1) is 9.75. The van der Waals surface area contributed by atoms with Crippen LogP contribution < -0.4 is 0 Å². The third-order valence-corrected chi connectivity index (χ3v) is 3.79. The van der Waals surface area contributed by atoms with E-state index in [0.717, 1.165) is 5.56 Å². The maximum atomic E-state index is 12.4. The molecular weight excluding hydrogens is 258 g/mol. The molecule has 5 heteroatoms. The van der Waals surface area contributed by atoms with Crippen LogP contribution in [-0.4, -0.2) is 42.8 Å². The molecule has 2 atom stereocenters. The van der Waals surface area contributed by atoms with Gasteiger partial charge in [-0.05, 0) is 18.4 Å². The molecule has 0 aliphatic carbocycles. The molecule has 0 unspecified atom stereocenters. The molecule has 2 aliphatic rings. The van der Waals surface area contributed by atoms with Crippen molar-refractivity contribution in [1.82, 2.24) is 4.90 Å². The highest BCUT2D eigenvalue weighted by atomic mass is 16.6. The van der Waals surface area contributed by atoms with Gasteiger partial charge < -0.3 is 9.47 Å². The molecule has 3 rings (SSSR count). The normalized spacial score (nSPS) is 25.8. The summed E-state index contributed by atoms with van der Waals surface area (Å²) >= 11 is 0. The van der Waals surface area contributed by atoms with Gasteiger partial charge in [0.1, 0.15) is 6.61 Å². The maximum absolute atomic E-state index is 12.4.